The summed E-state index contributed by atoms with van der Waals surface area (Å²) in [5.74, 6) is 1.91. The van der Waals surface area contributed by atoms with Gasteiger partial charge in [-0.05, 0) is 61.7 Å². The van der Waals surface area contributed by atoms with Gasteiger partial charge in [-0.3, -0.25) is 0 Å². The van der Waals surface area contributed by atoms with Crippen molar-refractivity contribution < 1.29 is 0 Å². The standard InChI is InChI=1S/C56H36N4/c1-3-10-37(11-4-1)38-24-28-46(29-25-38)55-58-54(45-13-5-2-6-14-45)59-56(60-55)48-16-9-15-47(36-48)41-20-18-39(19-21-41)40-22-26-43(27-23-40)52-35-32-44-31-33-50-49-17-8-7-12-42(49)30-34-51(50)53(44)57-52/h1-36H. The van der Waals surface area contributed by atoms with Crippen LogP contribution in [0.5, 0.6) is 0 Å². The summed E-state index contributed by atoms with van der Waals surface area (Å²) in [6.45, 7) is 0. The predicted octanol–water partition coefficient (Wildman–Crippen LogP) is 14.4. The van der Waals surface area contributed by atoms with Crippen molar-refractivity contribution in [1.82, 2.24) is 19.9 Å². The molecule has 0 N–H and O–H groups in total. The molecule has 11 aromatic rings. The minimum atomic E-state index is 0.632. The molecule has 4 heteroatoms. The van der Waals surface area contributed by atoms with Gasteiger partial charge in [0.15, 0.2) is 17.5 Å². The summed E-state index contributed by atoms with van der Waals surface area (Å²) in [7, 11) is 0. The van der Waals surface area contributed by atoms with E-state index in [2.05, 4.69) is 182 Å². The Kier molecular flexibility index (Phi) is 8.79. The van der Waals surface area contributed by atoms with Gasteiger partial charge in [0.2, 0.25) is 0 Å². The molecule has 0 saturated heterocycles. The highest BCUT2D eigenvalue weighted by Gasteiger charge is 2.14. The van der Waals surface area contributed by atoms with Gasteiger partial charge >= 0.3 is 0 Å². The van der Waals surface area contributed by atoms with Gasteiger partial charge in [-0.2, -0.15) is 0 Å². The Morgan fingerprint density at radius 2 is 0.650 bits per heavy atom. The van der Waals surface area contributed by atoms with Crippen molar-refractivity contribution in [2.24, 2.45) is 0 Å². The van der Waals surface area contributed by atoms with E-state index in [0.717, 1.165) is 66.7 Å². The van der Waals surface area contributed by atoms with Crippen molar-refractivity contribution in [3.05, 3.63) is 218 Å². The molecule has 0 saturated carbocycles. The van der Waals surface area contributed by atoms with Crippen LogP contribution >= 0.6 is 0 Å². The second-order valence-electron chi connectivity index (χ2n) is 15.1. The second kappa shape index (κ2) is 15.0. The van der Waals surface area contributed by atoms with E-state index in [1.165, 1.54) is 27.1 Å². The molecule has 0 aliphatic heterocycles. The summed E-state index contributed by atoms with van der Waals surface area (Å²) in [6.07, 6.45) is 0. The molecule has 0 radical (unpaired) electrons. The second-order valence-corrected chi connectivity index (χ2v) is 15.1. The number of hydrogen-bond acceptors (Lipinski definition) is 4. The van der Waals surface area contributed by atoms with E-state index in [-0.39, 0.29) is 0 Å². The van der Waals surface area contributed by atoms with Crippen molar-refractivity contribution in [2.45, 2.75) is 0 Å². The number of fused-ring (bicyclic) bond motifs is 5. The molecule has 0 bridgehead atoms. The average Bonchev–Trinajstić information content (AvgIpc) is 3.34. The Morgan fingerprint density at radius 1 is 0.217 bits per heavy atom. The fourth-order valence-electron chi connectivity index (χ4n) is 8.15. The van der Waals surface area contributed by atoms with Crippen LogP contribution in [0, 0.1) is 0 Å². The highest BCUT2D eigenvalue weighted by molar-refractivity contribution is 6.16. The van der Waals surface area contributed by atoms with Crippen LogP contribution in [0.1, 0.15) is 0 Å². The molecule has 60 heavy (non-hydrogen) atoms. The lowest BCUT2D eigenvalue weighted by Crippen LogP contribution is -2.00. The van der Waals surface area contributed by atoms with E-state index >= 15 is 0 Å². The molecule has 0 fully saturated rings. The fraction of sp³-hybridized carbons (Fsp3) is 0. The van der Waals surface area contributed by atoms with Crippen molar-refractivity contribution in [3.63, 3.8) is 0 Å². The summed E-state index contributed by atoms with van der Waals surface area (Å²) in [5, 5.41) is 6.04. The van der Waals surface area contributed by atoms with Crippen LogP contribution < -0.4 is 0 Å². The first-order chi connectivity index (χ1) is 29.7. The molecule has 11 rings (SSSR count). The highest BCUT2D eigenvalue weighted by atomic mass is 15.0. The Morgan fingerprint density at radius 3 is 1.32 bits per heavy atom. The lowest BCUT2D eigenvalue weighted by atomic mass is 9.97. The number of aromatic nitrogens is 4. The molecule has 9 aromatic carbocycles. The van der Waals surface area contributed by atoms with Gasteiger partial charge in [0.1, 0.15) is 0 Å². The first kappa shape index (κ1) is 35.1. The molecular formula is C56H36N4. The maximum atomic E-state index is 5.20. The number of benzene rings is 9. The van der Waals surface area contributed by atoms with Crippen molar-refractivity contribution in [2.75, 3.05) is 0 Å². The molecule has 0 spiro atoms. The summed E-state index contributed by atoms with van der Waals surface area (Å²) < 4.78 is 0. The van der Waals surface area contributed by atoms with Gasteiger partial charge in [-0.1, -0.05) is 206 Å². The van der Waals surface area contributed by atoms with Crippen molar-refractivity contribution in [1.29, 1.82) is 0 Å². The lowest BCUT2D eigenvalue weighted by Gasteiger charge is -2.11. The van der Waals surface area contributed by atoms with E-state index in [1.54, 1.807) is 0 Å². The molecular weight excluding hydrogens is 729 g/mol. The van der Waals surface area contributed by atoms with Gasteiger partial charge < -0.3 is 0 Å². The van der Waals surface area contributed by atoms with Crippen LogP contribution in [-0.2, 0) is 0 Å². The van der Waals surface area contributed by atoms with E-state index < -0.39 is 0 Å². The van der Waals surface area contributed by atoms with Crippen LogP contribution in [0.3, 0.4) is 0 Å². The van der Waals surface area contributed by atoms with Crippen LogP contribution in [0.15, 0.2) is 218 Å². The first-order valence-corrected chi connectivity index (χ1v) is 20.2. The molecule has 0 atom stereocenters. The highest BCUT2D eigenvalue weighted by Crippen LogP contribution is 2.34. The molecule has 2 heterocycles. The van der Waals surface area contributed by atoms with Crippen LogP contribution in [-0.4, -0.2) is 19.9 Å². The average molecular weight is 765 g/mol. The fourth-order valence-corrected chi connectivity index (χ4v) is 8.15. The Labute approximate surface area is 348 Å². The van der Waals surface area contributed by atoms with Crippen LogP contribution in [0.4, 0.5) is 0 Å². The van der Waals surface area contributed by atoms with E-state index in [9.17, 15) is 0 Å². The first-order valence-electron chi connectivity index (χ1n) is 20.2. The number of rotatable bonds is 7. The Bertz CT molecular complexity index is 3330. The molecule has 0 aliphatic carbocycles. The minimum Gasteiger partial charge on any atom is -0.247 e. The van der Waals surface area contributed by atoms with E-state index in [0.29, 0.717) is 17.5 Å². The SMILES string of the molecule is c1ccc(-c2ccc(-c3nc(-c4ccccc4)nc(-c4cccc(-c5ccc(-c6ccc(-c7ccc8ccc9c%10ccccc%10ccc9c8n7)cc6)cc5)c4)n3)cc2)cc1. The third-order valence-corrected chi connectivity index (χ3v) is 11.4. The lowest BCUT2D eigenvalue weighted by molar-refractivity contribution is 1.07. The summed E-state index contributed by atoms with van der Waals surface area (Å²) in [5.41, 5.74) is 12.7. The van der Waals surface area contributed by atoms with Crippen molar-refractivity contribution in [3.8, 4) is 78.8 Å². The topological polar surface area (TPSA) is 51.6 Å². The molecule has 0 unspecified atom stereocenters. The number of nitrogens with zero attached hydrogens (tertiary/aromatic N) is 4. The third kappa shape index (κ3) is 6.66. The monoisotopic (exact) mass is 764 g/mol. The minimum absolute atomic E-state index is 0.632. The predicted molar refractivity (Wildman–Crippen MR) is 248 cm³/mol. The zero-order valence-corrected chi connectivity index (χ0v) is 32.6. The van der Waals surface area contributed by atoms with Crippen molar-refractivity contribution >= 4 is 32.4 Å². The maximum Gasteiger partial charge on any atom is 0.164 e. The van der Waals surface area contributed by atoms with Gasteiger partial charge in [-0.25, -0.2) is 19.9 Å². The zero-order valence-electron chi connectivity index (χ0n) is 32.6. The quantitative estimate of drug-likeness (QED) is 0.152. The summed E-state index contributed by atoms with van der Waals surface area (Å²) >= 11 is 0. The van der Waals surface area contributed by atoms with Gasteiger partial charge in [-0.15, -0.1) is 0 Å². The van der Waals surface area contributed by atoms with E-state index in [1.807, 2.05) is 36.4 Å². The van der Waals surface area contributed by atoms with Gasteiger partial charge in [0.05, 0.1) is 11.2 Å². The van der Waals surface area contributed by atoms with E-state index in [4.69, 9.17) is 19.9 Å². The number of pyridine rings is 1. The van der Waals surface area contributed by atoms with Crippen LogP contribution in [0.2, 0.25) is 0 Å². The number of hydrogen-bond donors (Lipinski definition) is 0. The molecule has 2 aromatic heterocycles. The molecule has 0 amide bonds. The van der Waals surface area contributed by atoms with Gasteiger partial charge in [0.25, 0.3) is 0 Å². The normalized spacial score (nSPS) is 11.3. The summed E-state index contributed by atoms with van der Waals surface area (Å²) in [6, 6.07) is 76.5. The van der Waals surface area contributed by atoms with Crippen LogP contribution in [0.25, 0.3) is 111 Å². The third-order valence-electron chi connectivity index (χ3n) is 11.4. The largest absolute Gasteiger partial charge is 0.247 e. The zero-order chi connectivity index (χ0) is 39.8. The molecule has 0 aliphatic rings. The Balaban J connectivity index is 0.874. The molecule has 280 valence electrons. The maximum absolute atomic E-state index is 5.20. The van der Waals surface area contributed by atoms with Gasteiger partial charge in [0, 0.05) is 33.0 Å². The molecule has 4 nitrogen and oxygen atoms in total. The Hall–Kier alpha value is -8.08. The summed E-state index contributed by atoms with van der Waals surface area (Å²) in [4.78, 5) is 20.2. The smallest absolute Gasteiger partial charge is 0.164 e.